The smallest absolute Gasteiger partial charge is 0.228 e. The number of anilines is 1. The lowest BCUT2D eigenvalue weighted by Gasteiger charge is -2.35. The molecule has 0 aliphatic carbocycles. The first-order chi connectivity index (χ1) is 16.1. The molecule has 3 heteroatoms. The Balaban J connectivity index is 1.59. The van der Waals surface area contributed by atoms with E-state index in [0.717, 1.165) is 22.6 Å². The number of ether oxygens (including phenoxy) is 1. The highest BCUT2D eigenvalue weighted by Crippen LogP contribution is 2.44. The average Bonchev–Trinajstić information content (AvgIpc) is 2.85. The fourth-order valence-corrected chi connectivity index (χ4v) is 4.69. The summed E-state index contributed by atoms with van der Waals surface area (Å²) in [5.74, 6) is 0.955. The van der Waals surface area contributed by atoms with Crippen LogP contribution in [0.1, 0.15) is 34.6 Å². The summed E-state index contributed by atoms with van der Waals surface area (Å²) in [4.78, 5) is 15.4. The number of fused-ring (bicyclic) bond motifs is 3. The average molecular weight is 434 g/mol. The zero-order valence-corrected chi connectivity index (χ0v) is 18.8. The minimum Gasteiger partial charge on any atom is -0.490 e. The van der Waals surface area contributed by atoms with Crippen LogP contribution in [0, 0.1) is 6.92 Å². The van der Waals surface area contributed by atoms with Crippen LogP contribution in [-0.2, 0) is 11.3 Å². The van der Waals surface area contributed by atoms with E-state index in [1.165, 1.54) is 21.9 Å². The number of benzene rings is 4. The molecular weight excluding hydrogens is 406 g/mol. The van der Waals surface area contributed by atoms with Crippen molar-refractivity contribution >= 4 is 22.4 Å². The summed E-state index contributed by atoms with van der Waals surface area (Å²) >= 11 is 0. The van der Waals surface area contributed by atoms with Gasteiger partial charge < -0.3 is 9.64 Å². The van der Waals surface area contributed by atoms with Crippen LogP contribution in [0.4, 0.5) is 5.69 Å². The van der Waals surface area contributed by atoms with Gasteiger partial charge in [-0.3, -0.25) is 4.79 Å². The van der Waals surface area contributed by atoms with Crippen LogP contribution < -0.4 is 9.64 Å². The quantitative estimate of drug-likeness (QED) is 0.314. The van der Waals surface area contributed by atoms with Gasteiger partial charge in [-0.2, -0.15) is 0 Å². The number of hydrogen-bond acceptors (Lipinski definition) is 2. The van der Waals surface area contributed by atoms with E-state index < -0.39 is 0 Å². The normalized spacial score (nSPS) is 15.4. The third-order valence-corrected chi connectivity index (χ3v) is 6.38. The van der Waals surface area contributed by atoms with E-state index in [0.29, 0.717) is 19.6 Å². The first kappa shape index (κ1) is 21.0. The molecule has 0 aromatic heterocycles. The summed E-state index contributed by atoms with van der Waals surface area (Å²) < 4.78 is 5.66. The number of aryl methyl sites for hydroxylation is 1. The van der Waals surface area contributed by atoms with Gasteiger partial charge in [-0.1, -0.05) is 84.9 Å². The highest BCUT2D eigenvalue weighted by Gasteiger charge is 2.33. The van der Waals surface area contributed by atoms with Crippen molar-refractivity contribution in [3.05, 3.63) is 120 Å². The number of hydrogen-bond donors (Lipinski definition) is 0. The second-order valence-corrected chi connectivity index (χ2v) is 8.61. The molecular formula is C30H27NO2. The van der Waals surface area contributed by atoms with E-state index in [9.17, 15) is 4.79 Å². The molecule has 33 heavy (non-hydrogen) atoms. The topological polar surface area (TPSA) is 29.5 Å². The fourth-order valence-electron chi connectivity index (χ4n) is 4.69. The van der Waals surface area contributed by atoms with Crippen molar-refractivity contribution < 1.29 is 9.53 Å². The molecule has 0 spiro atoms. The first-order valence-electron chi connectivity index (χ1n) is 11.4. The van der Waals surface area contributed by atoms with Crippen LogP contribution in [0.2, 0.25) is 0 Å². The van der Waals surface area contributed by atoms with Crippen molar-refractivity contribution in [3.8, 4) is 5.75 Å². The zero-order valence-electron chi connectivity index (χ0n) is 18.8. The Morgan fingerprint density at radius 3 is 2.48 bits per heavy atom. The van der Waals surface area contributed by atoms with Crippen molar-refractivity contribution in [2.24, 2.45) is 0 Å². The maximum atomic E-state index is 13.4. The summed E-state index contributed by atoms with van der Waals surface area (Å²) in [6.45, 7) is 6.83. The molecule has 3 nitrogen and oxygen atoms in total. The summed E-state index contributed by atoms with van der Waals surface area (Å²) in [5, 5.41) is 2.39. The number of carbonyl (C=O) groups is 1. The molecule has 0 bridgehead atoms. The molecule has 164 valence electrons. The van der Waals surface area contributed by atoms with E-state index in [1.54, 1.807) is 6.08 Å². The van der Waals surface area contributed by atoms with Gasteiger partial charge in [0.15, 0.2) is 0 Å². The number of carbonyl (C=O) groups excluding carboxylic acids is 1. The van der Waals surface area contributed by atoms with Gasteiger partial charge in [-0.25, -0.2) is 0 Å². The molecule has 0 N–H and O–H groups in total. The Bertz CT molecular complexity index is 1310. The standard InChI is InChI=1S/C30H27NO2/c1-3-18-33-25-15-12-24(13-16-25)27-19-29(32)31(20-22-10-8-21(2)9-11-22)28-17-14-23-6-4-5-7-26(23)30(27)28/h3-17,27H,1,18-20H2,2H3. The largest absolute Gasteiger partial charge is 0.490 e. The van der Waals surface area contributed by atoms with Gasteiger partial charge >= 0.3 is 0 Å². The van der Waals surface area contributed by atoms with Crippen LogP contribution in [0.25, 0.3) is 10.8 Å². The Labute approximate surface area is 194 Å². The van der Waals surface area contributed by atoms with Crippen molar-refractivity contribution in [1.82, 2.24) is 0 Å². The number of nitrogens with zero attached hydrogens (tertiary/aromatic N) is 1. The van der Waals surface area contributed by atoms with E-state index in [2.05, 4.69) is 86.3 Å². The lowest BCUT2D eigenvalue weighted by Crippen LogP contribution is -2.36. The SMILES string of the molecule is C=CCOc1ccc(C2CC(=O)N(Cc3ccc(C)cc3)c3ccc4ccccc4c32)cc1. The van der Waals surface area contributed by atoms with Crippen molar-refractivity contribution in [3.63, 3.8) is 0 Å². The molecule has 1 aliphatic rings. The van der Waals surface area contributed by atoms with E-state index >= 15 is 0 Å². The minimum absolute atomic E-state index is 0.00122. The predicted molar refractivity (Wildman–Crippen MR) is 135 cm³/mol. The van der Waals surface area contributed by atoms with Crippen molar-refractivity contribution in [2.75, 3.05) is 11.5 Å². The number of rotatable bonds is 6. The molecule has 0 fully saturated rings. The molecule has 1 heterocycles. The van der Waals surface area contributed by atoms with Gasteiger partial charge in [-0.05, 0) is 52.6 Å². The van der Waals surface area contributed by atoms with Crippen LogP contribution in [0.15, 0.2) is 97.6 Å². The van der Waals surface area contributed by atoms with Crippen LogP contribution in [0.5, 0.6) is 5.75 Å². The molecule has 0 saturated carbocycles. The third kappa shape index (κ3) is 4.14. The lowest BCUT2D eigenvalue weighted by atomic mass is 9.81. The maximum Gasteiger partial charge on any atom is 0.228 e. The molecule has 1 amide bonds. The van der Waals surface area contributed by atoms with Crippen LogP contribution >= 0.6 is 0 Å². The molecule has 1 atom stereocenters. The second-order valence-electron chi connectivity index (χ2n) is 8.61. The van der Waals surface area contributed by atoms with Gasteiger partial charge in [0, 0.05) is 18.0 Å². The second kappa shape index (κ2) is 8.95. The maximum absolute atomic E-state index is 13.4. The Kier molecular flexibility index (Phi) is 5.70. The molecule has 4 aromatic rings. The molecule has 5 rings (SSSR count). The fraction of sp³-hybridized carbons (Fsp3) is 0.167. The van der Waals surface area contributed by atoms with Crippen molar-refractivity contribution in [2.45, 2.75) is 25.8 Å². The van der Waals surface area contributed by atoms with Gasteiger partial charge in [0.25, 0.3) is 0 Å². The molecule has 0 radical (unpaired) electrons. The predicted octanol–water partition coefficient (Wildman–Crippen LogP) is 6.78. The lowest BCUT2D eigenvalue weighted by molar-refractivity contribution is -0.119. The summed E-state index contributed by atoms with van der Waals surface area (Å²) in [6.07, 6.45) is 2.18. The summed E-state index contributed by atoms with van der Waals surface area (Å²) in [6, 6.07) is 29.2. The van der Waals surface area contributed by atoms with E-state index in [4.69, 9.17) is 4.74 Å². The minimum atomic E-state index is 0.00122. The summed E-state index contributed by atoms with van der Waals surface area (Å²) in [5.41, 5.74) is 5.70. The zero-order chi connectivity index (χ0) is 22.8. The van der Waals surface area contributed by atoms with Gasteiger partial charge in [0.05, 0.1) is 6.54 Å². The number of amides is 1. The van der Waals surface area contributed by atoms with Gasteiger partial charge in [0.1, 0.15) is 12.4 Å². The molecule has 1 aliphatic heterocycles. The molecule has 1 unspecified atom stereocenters. The monoisotopic (exact) mass is 433 g/mol. The van der Waals surface area contributed by atoms with Crippen LogP contribution in [-0.4, -0.2) is 12.5 Å². The van der Waals surface area contributed by atoms with Gasteiger partial charge in [-0.15, -0.1) is 0 Å². The van der Waals surface area contributed by atoms with Gasteiger partial charge in [0.2, 0.25) is 5.91 Å². The summed E-state index contributed by atoms with van der Waals surface area (Å²) in [7, 11) is 0. The Hall–Kier alpha value is -3.85. The van der Waals surface area contributed by atoms with E-state index in [1.807, 2.05) is 17.0 Å². The van der Waals surface area contributed by atoms with Crippen LogP contribution in [0.3, 0.4) is 0 Å². The van der Waals surface area contributed by atoms with Crippen molar-refractivity contribution in [1.29, 1.82) is 0 Å². The first-order valence-corrected chi connectivity index (χ1v) is 11.4. The highest BCUT2D eigenvalue weighted by atomic mass is 16.5. The molecule has 0 saturated heterocycles. The third-order valence-electron chi connectivity index (χ3n) is 6.38. The molecule has 4 aromatic carbocycles. The highest BCUT2D eigenvalue weighted by molar-refractivity contribution is 6.03. The Morgan fingerprint density at radius 1 is 0.970 bits per heavy atom. The van der Waals surface area contributed by atoms with E-state index in [-0.39, 0.29) is 11.8 Å². The Morgan fingerprint density at radius 2 is 1.73 bits per heavy atom.